The maximum atomic E-state index is 11.4. The van der Waals surface area contributed by atoms with Crippen LogP contribution in [-0.4, -0.2) is 12.1 Å². The number of hydrogen-bond acceptors (Lipinski definition) is 2. The molecule has 0 rings (SSSR count). The Kier molecular flexibility index (Phi) is 9.24. The maximum absolute atomic E-state index is 11.4. The second kappa shape index (κ2) is 9.75. The van der Waals surface area contributed by atoms with Crippen molar-refractivity contribution in [3.8, 4) is 0 Å². The topological polar surface area (TPSA) is 26.3 Å². The van der Waals surface area contributed by atoms with Gasteiger partial charge in [0.15, 0.2) is 0 Å². The molecule has 88 valence electrons. The predicted molar refractivity (Wildman–Crippen MR) is 63.7 cm³/mol. The second-order valence-corrected chi connectivity index (χ2v) is 3.77. The quantitative estimate of drug-likeness (QED) is 0.451. The minimum absolute atomic E-state index is 0.0911. The monoisotopic (exact) mass is 212 g/mol. The van der Waals surface area contributed by atoms with Gasteiger partial charge in [0, 0.05) is 0 Å². The molecule has 0 aliphatic rings. The highest BCUT2D eigenvalue weighted by atomic mass is 16.5. The molecule has 2 nitrogen and oxygen atoms in total. The van der Waals surface area contributed by atoms with Crippen molar-refractivity contribution in [2.45, 2.75) is 65.4 Å². The van der Waals surface area contributed by atoms with E-state index < -0.39 is 0 Å². The molecule has 0 aromatic rings. The van der Waals surface area contributed by atoms with Crippen LogP contribution in [-0.2, 0) is 9.53 Å². The molecule has 0 amide bonds. The molecule has 0 saturated heterocycles. The maximum Gasteiger partial charge on any atom is 0.309 e. The molecule has 2 heteroatoms. The molecule has 15 heavy (non-hydrogen) atoms. The number of allylic oxidation sites excluding steroid dienone is 1. The molecule has 0 fully saturated rings. The number of carbonyl (C=O) groups excluding carboxylic acids is 1. The zero-order chi connectivity index (χ0) is 11.5. The summed E-state index contributed by atoms with van der Waals surface area (Å²) in [7, 11) is 0. The average molecular weight is 212 g/mol. The van der Waals surface area contributed by atoms with Crippen LogP contribution in [0, 0.1) is 0 Å². The van der Waals surface area contributed by atoms with Crippen molar-refractivity contribution in [1.82, 2.24) is 0 Å². The summed E-state index contributed by atoms with van der Waals surface area (Å²) < 4.78 is 5.39. The molecule has 0 saturated carbocycles. The van der Waals surface area contributed by atoms with Gasteiger partial charge in [0.05, 0.1) is 6.42 Å². The first-order chi connectivity index (χ1) is 7.24. The summed E-state index contributed by atoms with van der Waals surface area (Å²) in [6, 6.07) is 0. The molecular formula is C13H24O2. The second-order valence-electron chi connectivity index (χ2n) is 3.77. The van der Waals surface area contributed by atoms with Gasteiger partial charge in [0.25, 0.3) is 0 Å². The van der Waals surface area contributed by atoms with Gasteiger partial charge in [-0.05, 0) is 19.3 Å². The van der Waals surface area contributed by atoms with Crippen molar-refractivity contribution >= 4 is 5.97 Å². The lowest BCUT2D eigenvalue weighted by atomic mass is 10.1. The minimum atomic E-state index is -0.0911. The van der Waals surface area contributed by atoms with Crippen LogP contribution in [0.4, 0.5) is 0 Å². The highest BCUT2D eigenvalue weighted by Crippen LogP contribution is 2.10. The molecule has 0 atom stereocenters. The van der Waals surface area contributed by atoms with E-state index in [2.05, 4.69) is 20.8 Å². The summed E-state index contributed by atoms with van der Waals surface area (Å²) in [4.78, 5) is 11.4. The van der Waals surface area contributed by atoms with Crippen molar-refractivity contribution < 1.29 is 9.53 Å². The van der Waals surface area contributed by atoms with Crippen LogP contribution in [0.25, 0.3) is 0 Å². The standard InChI is InChI=1S/C13H24O2/c1-4-7-8-11-13(14)15-12(9-5-2)10-6-3/h7-8,12H,4-6,9-11H2,1-3H3. The van der Waals surface area contributed by atoms with Crippen molar-refractivity contribution in [2.75, 3.05) is 0 Å². The van der Waals surface area contributed by atoms with Crippen LogP contribution in [0.2, 0.25) is 0 Å². The summed E-state index contributed by atoms with van der Waals surface area (Å²) in [5, 5.41) is 0. The van der Waals surface area contributed by atoms with Gasteiger partial charge in [-0.25, -0.2) is 0 Å². The Hall–Kier alpha value is -0.790. The average Bonchev–Trinajstić information content (AvgIpc) is 2.19. The third kappa shape index (κ3) is 8.22. The van der Waals surface area contributed by atoms with Crippen LogP contribution >= 0.6 is 0 Å². The third-order valence-corrected chi connectivity index (χ3v) is 2.21. The van der Waals surface area contributed by atoms with Crippen molar-refractivity contribution in [1.29, 1.82) is 0 Å². The van der Waals surface area contributed by atoms with Crippen LogP contribution in [0.5, 0.6) is 0 Å². The Morgan fingerprint density at radius 3 is 2.20 bits per heavy atom. The van der Waals surface area contributed by atoms with E-state index in [1.54, 1.807) is 0 Å². The Morgan fingerprint density at radius 1 is 1.13 bits per heavy atom. The van der Waals surface area contributed by atoms with E-state index in [4.69, 9.17) is 4.74 Å². The Bertz CT molecular complexity index is 179. The van der Waals surface area contributed by atoms with Gasteiger partial charge in [-0.15, -0.1) is 0 Å². The largest absolute Gasteiger partial charge is 0.462 e. The smallest absolute Gasteiger partial charge is 0.309 e. The molecule has 0 aliphatic heterocycles. The fourth-order valence-corrected chi connectivity index (χ4v) is 1.49. The van der Waals surface area contributed by atoms with Crippen LogP contribution < -0.4 is 0 Å². The van der Waals surface area contributed by atoms with E-state index in [0.29, 0.717) is 6.42 Å². The molecule has 0 radical (unpaired) electrons. The molecule has 0 aliphatic carbocycles. The molecular weight excluding hydrogens is 188 g/mol. The van der Waals surface area contributed by atoms with Gasteiger partial charge < -0.3 is 4.74 Å². The van der Waals surface area contributed by atoms with Crippen LogP contribution in [0.15, 0.2) is 12.2 Å². The van der Waals surface area contributed by atoms with Crippen molar-refractivity contribution in [2.24, 2.45) is 0 Å². The van der Waals surface area contributed by atoms with Crippen LogP contribution in [0.3, 0.4) is 0 Å². The zero-order valence-corrected chi connectivity index (χ0v) is 10.3. The van der Waals surface area contributed by atoms with Gasteiger partial charge in [-0.1, -0.05) is 45.8 Å². The number of ether oxygens (including phenoxy) is 1. The van der Waals surface area contributed by atoms with Gasteiger partial charge in [0.1, 0.15) is 6.10 Å². The van der Waals surface area contributed by atoms with E-state index >= 15 is 0 Å². The van der Waals surface area contributed by atoms with E-state index in [0.717, 1.165) is 32.1 Å². The van der Waals surface area contributed by atoms with Crippen molar-refractivity contribution in [3.63, 3.8) is 0 Å². The highest BCUT2D eigenvalue weighted by molar-refractivity contribution is 5.71. The first-order valence-corrected chi connectivity index (χ1v) is 6.09. The number of rotatable bonds is 8. The van der Waals surface area contributed by atoms with Crippen molar-refractivity contribution in [3.05, 3.63) is 12.2 Å². The highest BCUT2D eigenvalue weighted by Gasteiger charge is 2.11. The molecule has 0 unspecified atom stereocenters. The first kappa shape index (κ1) is 14.2. The fraction of sp³-hybridized carbons (Fsp3) is 0.769. The zero-order valence-electron chi connectivity index (χ0n) is 10.3. The number of carbonyl (C=O) groups is 1. The van der Waals surface area contributed by atoms with Crippen LogP contribution in [0.1, 0.15) is 59.3 Å². The summed E-state index contributed by atoms with van der Waals surface area (Å²) >= 11 is 0. The van der Waals surface area contributed by atoms with Gasteiger partial charge >= 0.3 is 5.97 Å². The minimum Gasteiger partial charge on any atom is -0.462 e. The molecule has 0 aromatic carbocycles. The van der Waals surface area contributed by atoms with Gasteiger partial charge in [-0.2, -0.15) is 0 Å². The van der Waals surface area contributed by atoms with Gasteiger partial charge in [-0.3, -0.25) is 4.79 Å². The predicted octanol–water partition coefficient (Wildman–Crippen LogP) is 3.85. The van der Waals surface area contributed by atoms with E-state index in [1.165, 1.54) is 0 Å². The SMILES string of the molecule is CCC=CCC(=O)OC(CCC)CCC. The Morgan fingerprint density at radius 2 is 1.73 bits per heavy atom. The summed E-state index contributed by atoms with van der Waals surface area (Å²) in [6.45, 7) is 6.29. The number of hydrogen-bond donors (Lipinski definition) is 0. The lowest BCUT2D eigenvalue weighted by Gasteiger charge is -2.15. The summed E-state index contributed by atoms with van der Waals surface area (Å²) in [5.41, 5.74) is 0. The summed E-state index contributed by atoms with van der Waals surface area (Å²) in [6.07, 6.45) is 9.51. The number of esters is 1. The van der Waals surface area contributed by atoms with E-state index in [9.17, 15) is 4.79 Å². The summed E-state index contributed by atoms with van der Waals surface area (Å²) in [5.74, 6) is -0.0911. The van der Waals surface area contributed by atoms with E-state index in [1.807, 2.05) is 12.2 Å². The first-order valence-electron chi connectivity index (χ1n) is 6.09. The van der Waals surface area contributed by atoms with E-state index in [-0.39, 0.29) is 12.1 Å². The third-order valence-electron chi connectivity index (χ3n) is 2.21. The molecule has 0 aromatic heterocycles. The Labute approximate surface area is 93.7 Å². The van der Waals surface area contributed by atoms with Gasteiger partial charge in [0.2, 0.25) is 0 Å². The fourth-order valence-electron chi connectivity index (χ4n) is 1.49. The lowest BCUT2D eigenvalue weighted by molar-refractivity contribution is -0.148. The Balaban J connectivity index is 3.82. The molecule has 0 bridgehead atoms. The molecule has 0 heterocycles. The normalized spacial score (nSPS) is 11.2. The molecule has 0 N–H and O–H groups in total. The molecule has 0 spiro atoms. The lowest BCUT2D eigenvalue weighted by Crippen LogP contribution is -2.17.